The summed E-state index contributed by atoms with van der Waals surface area (Å²) in [5.41, 5.74) is 2.48. The Hall–Kier alpha value is -3.26. The monoisotopic (exact) mass is 396 g/mol. The zero-order valence-corrected chi connectivity index (χ0v) is 15.7. The molecule has 0 atom stereocenters. The molecule has 0 saturated heterocycles. The molecule has 0 aliphatic rings. The Kier molecular flexibility index (Phi) is 5.29. The van der Waals surface area contributed by atoms with Gasteiger partial charge in [-0.2, -0.15) is 4.98 Å². The van der Waals surface area contributed by atoms with Crippen molar-refractivity contribution in [2.75, 3.05) is 6.54 Å². The second kappa shape index (κ2) is 8.18. The van der Waals surface area contributed by atoms with Crippen molar-refractivity contribution in [3.05, 3.63) is 77.1 Å². The van der Waals surface area contributed by atoms with Gasteiger partial charge in [-0.15, -0.1) is 16.4 Å². The van der Waals surface area contributed by atoms with Crippen LogP contribution in [0.1, 0.15) is 11.3 Å². The lowest BCUT2D eigenvalue weighted by Gasteiger charge is -2.06. The molecule has 0 bridgehead atoms. The van der Waals surface area contributed by atoms with Crippen molar-refractivity contribution in [2.24, 2.45) is 0 Å². The fraction of sp³-hybridized carbons (Fsp3) is 0.150. The Morgan fingerprint density at radius 3 is 2.86 bits per heavy atom. The normalized spacial score (nSPS) is 10.9. The van der Waals surface area contributed by atoms with Crippen molar-refractivity contribution in [3.8, 4) is 11.4 Å². The number of alkyl carbamates (subject to hydrolysis) is 1. The average Bonchev–Trinajstić information content (AvgIpc) is 3.29. The molecule has 0 saturated carbocycles. The van der Waals surface area contributed by atoms with Gasteiger partial charge in [0.25, 0.3) is 0 Å². The van der Waals surface area contributed by atoms with Gasteiger partial charge >= 0.3 is 6.09 Å². The number of nitrogens with one attached hydrogen (secondary N) is 1. The number of hydrogen-bond acceptors (Lipinski definition) is 5. The van der Waals surface area contributed by atoms with Crippen LogP contribution in [0.5, 0.6) is 0 Å². The maximum absolute atomic E-state index is 13.4. The Morgan fingerprint density at radius 1 is 1.18 bits per heavy atom. The van der Waals surface area contributed by atoms with E-state index in [0.717, 1.165) is 16.2 Å². The molecule has 0 spiro atoms. The Labute approximate surface area is 164 Å². The predicted octanol–water partition coefficient (Wildman–Crippen LogP) is 4.07. The van der Waals surface area contributed by atoms with Crippen LogP contribution >= 0.6 is 11.3 Å². The number of rotatable bonds is 6. The first kappa shape index (κ1) is 18.1. The van der Waals surface area contributed by atoms with E-state index in [4.69, 9.17) is 4.74 Å². The van der Waals surface area contributed by atoms with Crippen LogP contribution in [0.25, 0.3) is 16.3 Å². The summed E-state index contributed by atoms with van der Waals surface area (Å²) in [5, 5.41) is 9.14. The molecule has 6 nitrogen and oxygen atoms in total. The number of thiazole rings is 1. The first-order chi connectivity index (χ1) is 13.7. The highest BCUT2D eigenvalue weighted by atomic mass is 32.1. The fourth-order valence-corrected chi connectivity index (χ4v) is 3.57. The van der Waals surface area contributed by atoms with Crippen molar-refractivity contribution in [1.82, 2.24) is 19.9 Å². The SMILES string of the molecule is O=C(NCCc1csc2nc(-c3cccc(F)c3)nn12)OCc1ccccc1. The van der Waals surface area contributed by atoms with E-state index in [1.807, 2.05) is 35.7 Å². The highest BCUT2D eigenvalue weighted by Gasteiger charge is 2.12. The molecule has 4 aromatic rings. The Bertz CT molecular complexity index is 1090. The quantitative estimate of drug-likeness (QED) is 0.534. The molecule has 2 aromatic heterocycles. The van der Waals surface area contributed by atoms with E-state index >= 15 is 0 Å². The number of fused-ring (bicyclic) bond motifs is 1. The smallest absolute Gasteiger partial charge is 0.407 e. The van der Waals surface area contributed by atoms with E-state index < -0.39 is 6.09 Å². The van der Waals surface area contributed by atoms with Gasteiger partial charge in [0, 0.05) is 23.9 Å². The number of hydrogen-bond donors (Lipinski definition) is 1. The van der Waals surface area contributed by atoms with E-state index in [0.29, 0.717) is 24.4 Å². The second-order valence-electron chi connectivity index (χ2n) is 6.11. The summed E-state index contributed by atoms with van der Waals surface area (Å²) in [7, 11) is 0. The standard InChI is InChI=1S/C20H17FN4O2S/c21-16-8-4-7-15(11-16)18-23-19-25(24-18)17(13-28-19)9-10-22-20(26)27-12-14-5-2-1-3-6-14/h1-8,11,13H,9-10,12H2,(H,22,26). The zero-order chi connectivity index (χ0) is 19.3. The molecule has 8 heteroatoms. The lowest BCUT2D eigenvalue weighted by molar-refractivity contribution is 0.140. The number of amides is 1. The molecule has 2 heterocycles. The molecule has 0 aliphatic carbocycles. The zero-order valence-electron chi connectivity index (χ0n) is 14.8. The van der Waals surface area contributed by atoms with E-state index in [-0.39, 0.29) is 12.4 Å². The van der Waals surface area contributed by atoms with Crippen LogP contribution in [-0.4, -0.2) is 27.2 Å². The van der Waals surface area contributed by atoms with Gasteiger partial charge in [0.15, 0.2) is 5.82 Å². The lowest BCUT2D eigenvalue weighted by atomic mass is 10.2. The minimum absolute atomic E-state index is 0.232. The number of nitrogens with zero attached hydrogens (tertiary/aromatic N) is 3. The summed E-state index contributed by atoms with van der Waals surface area (Å²) in [6.07, 6.45) is 0.112. The highest BCUT2D eigenvalue weighted by molar-refractivity contribution is 7.15. The van der Waals surface area contributed by atoms with E-state index in [1.165, 1.54) is 23.5 Å². The number of halogens is 1. The predicted molar refractivity (Wildman–Crippen MR) is 105 cm³/mol. The largest absolute Gasteiger partial charge is 0.445 e. The van der Waals surface area contributed by atoms with Crippen LogP contribution in [0.4, 0.5) is 9.18 Å². The van der Waals surface area contributed by atoms with Crippen molar-refractivity contribution in [1.29, 1.82) is 0 Å². The second-order valence-corrected chi connectivity index (χ2v) is 6.94. The van der Waals surface area contributed by atoms with E-state index in [9.17, 15) is 9.18 Å². The number of carbonyl (C=O) groups is 1. The molecule has 1 N–H and O–H groups in total. The van der Waals surface area contributed by atoms with Gasteiger partial charge in [-0.25, -0.2) is 13.7 Å². The molecule has 2 aromatic carbocycles. The first-order valence-corrected chi connectivity index (χ1v) is 9.60. The number of benzene rings is 2. The van der Waals surface area contributed by atoms with Gasteiger partial charge in [-0.1, -0.05) is 42.5 Å². The average molecular weight is 396 g/mol. The van der Waals surface area contributed by atoms with Crippen LogP contribution in [0, 0.1) is 5.82 Å². The summed E-state index contributed by atoms with van der Waals surface area (Å²) in [4.78, 5) is 17.0. The summed E-state index contributed by atoms with van der Waals surface area (Å²) < 4.78 is 20.3. The highest BCUT2D eigenvalue weighted by Crippen LogP contribution is 2.21. The van der Waals surface area contributed by atoms with Gasteiger partial charge < -0.3 is 10.1 Å². The molecule has 142 valence electrons. The summed E-state index contributed by atoms with van der Waals surface area (Å²) in [6.45, 7) is 0.643. The van der Waals surface area contributed by atoms with Gasteiger partial charge in [-0.05, 0) is 17.7 Å². The third-order valence-electron chi connectivity index (χ3n) is 4.10. The molecule has 0 radical (unpaired) electrons. The number of aromatic nitrogens is 3. The first-order valence-electron chi connectivity index (χ1n) is 8.73. The Balaban J connectivity index is 1.34. The van der Waals surface area contributed by atoms with Crippen molar-refractivity contribution >= 4 is 22.4 Å². The van der Waals surface area contributed by atoms with Gasteiger partial charge in [0.2, 0.25) is 4.96 Å². The summed E-state index contributed by atoms with van der Waals surface area (Å²) >= 11 is 1.45. The van der Waals surface area contributed by atoms with Gasteiger partial charge in [0.1, 0.15) is 12.4 Å². The maximum atomic E-state index is 13.4. The van der Waals surface area contributed by atoms with Crippen LogP contribution in [-0.2, 0) is 17.8 Å². The topological polar surface area (TPSA) is 68.5 Å². The third-order valence-corrected chi connectivity index (χ3v) is 4.96. The maximum Gasteiger partial charge on any atom is 0.407 e. The molecule has 0 unspecified atom stereocenters. The minimum atomic E-state index is -0.464. The minimum Gasteiger partial charge on any atom is -0.445 e. The summed E-state index contributed by atoms with van der Waals surface area (Å²) in [6, 6.07) is 15.7. The van der Waals surface area contributed by atoms with Crippen molar-refractivity contribution in [3.63, 3.8) is 0 Å². The number of ether oxygens (including phenoxy) is 1. The molecule has 0 fully saturated rings. The molecule has 1 amide bonds. The van der Waals surface area contributed by atoms with Crippen LogP contribution < -0.4 is 5.32 Å². The fourth-order valence-electron chi connectivity index (χ4n) is 2.71. The van der Waals surface area contributed by atoms with E-state index in [1.54, 1.807) is 16.6 Å². The number of carbonyl (C=O) groups excluding carboxylic acids is 1. The summed E-state index contributed by atoms with van der Waals surface area (Å²) in [5.74, 6) is 0.150. The van der Waals surface area contributed by atoms with Crippen LogP contribution in [0.15, 0.2) is 60.0 Å². The molecular formula is C20H17FN4O2S. The molecule has 4 rings (SSSR count). The third kappa shape index (κ3) is 4.17. The van der Waals surface area contributed by atoms with Crippen molar-refractivity contribution in [2.45, 2.75) is 13.0 Å². The van der Waals surface area contributed by atoms with E-state index in [2.05, 4.69) is 15.4 Å². The molecule has 0 aliphatic heterocycles. The van der Waals surface area contributed by atoms with Gasteiger partial charge in [0.05, 0.1) is 5.69 Å². The molecular weight excluding hydrogens is 379 g/mol. The van der Waals surface area contributed by atoms with Crippen LogP contribution in [0.2, 0.25) is 0 Å². The van der Waals surface area contributed by atoms with Crippen LogP contribution in [0.3, 0.4) is 0 Å². The van der Waals surface area contributed by atoms with Crippen molar-refractivity contribution < 1.29 is 13.9 Å². The van der Waals surface area contributed by atoms with Gasteiger partial charge in [-0.3, -0.25) is 0 Å². The molecule has 28 heavy (non-hydrogen) atoms. The lowest BCUT2D eigenvalue weighted by Crippen LogP contribution is -2.26. The Morgan fingerprint density at radius 2 is 2.04 bits per heavy atom.